The molecule has 8 nitrogen and oxygen atoms in total. The van der Waals surface area contributed by atoms with Crippen LogP contribution in [-0.4, -0.2) is 30.7 Å². The predicted octanol–water partition coefficient (Wildman–Crippen LogP) is 2.22. The normalized spacial score (nSPS) is 11.5. The fourth-order valence-electron chi connectivity index (χ4n) is 1.47. The van der Waals surface area contributed by atoms with Gasteiger partial charge >= 0.3 is 7.60 Å². The summed E-state index contributed by atoms with van der Waals surface area (Å²) in [6.07, 6.45) is -0.768. The average Bonchev–Trinajstić information content (AvgIpc) is 2.71. The number of nitrogens with one attached hydrogen (secondary N) is 1. The molecule has 0 saturated carbocycles. The molecule has 0 aliphatic heterocycles. The molecule has 118 valence electrons. The Hall–Kier alpha value is -1.32. The summed E-state index contributed by atoms with van der Waals surface area (Å²) in [6, 6.07) is 3.40. The van der Waals surface area contributed by atoms with Gasteiger partial charge in [-0.2, -0.15) is 4.80 Å². The quantitative estimate of drug-likeness (QED) is 0.662. The molecule has 0 spiro atoms. The van der Waals surface area contributed by atoms with Crippen LogP contribution >= 0.6 is 35.1 Å². The van der Waals surface area contributed by atoms with Crippen LogP contribution in [0.3, 0.4) is 0 Å². The first-order chi connectivity index (χ1) is 10.2. The molecule has 1 aromatic heterocycles. The minimum Gasteiger partial charge on any atom is -0.323 e. The lowest BCUT2D eigenvalue weighted by Crippen LogP contribution is -2.14. The summed E-state index contributed by atoms with van der Waals surface area (Å²) < 4.78 is 23.8. The van der Waals surface area contributed by atoms with E-state index in [1.807, 2.05) is 0 Å². The zero-order valence-electron chi connectivity index (χ0n) is 10.6. The lowest BCUT2D eigenvalue weighted by atomic mass is 10.3. The highest BCUT2D eigenvalue weighted by Crippen LogP contribution is 2.36. The van der Waals surface area contributed by atoms with Gasteiger partial charge in [0.1, 0.15) is 5.82 Å². The SMILES string of the molecule is O=C(Nc1ccc(F)cc1Cl)c1nn(CP(=O)(O)O)nc1Br. The Bertz CT molecular complexity index is 780. The van der Waals surface area contributed by atoms with Crippen LogP contribution in [-0.2, 0) is 10.9 Å². The molecule has 0 unspecified atom stereocenters. The molecular weight excluding hydrogens is 405 g/mol. The molecular formula is C10H8BrClFN4O4P. The monoisotopic (exact) mass is 412 g/mol. The highest BCUT2D eigenvalue weighted by Gasteiger charge is 2.22. The van der Waals surface area contributed by atoms with Gasteiger partial charge < -0.3 is 15.1 Å². The van der Waals surface area contributed by atoms with Crippen molar-refractivity contribution in [3.63, 3.8) is 0 Å². The molecule has 0 atom stereocenters. The summed E-state index contributed by atoms with van der Waals surface area (Å²) in [6.45, 7) is 0. The van der Waals surface area contributed by atoms with E-state index < -0.39 is 25.6 Å². The van der Waals surface area contributed by atoms with Crippen molar-refractivity contribution in [1.82, 2.24) is 15.0 Å². The molecule has 22 heavy (non-hydrogen) atoms. The smallest absolute Gasteiger partial charge is 0.323 e. The summed E-state index contributed by atoms with van der Waals surface area (Å²) in [5, 5.41) is 9.73. The van der Waals surface area contributed by atoms with E-state index in [9.17, 15) is 13.8 Å². The molecule has 0 aliphatic rings. The second-order valence-electron chi connectivity index (χ2n) is 4.10. The van der Waals surface area contributed by atoms with Gasteiger partial charge in [0, 0.05) is 0 Å². The van der Waals surface area contributed by atoms with Gasteiger partial charge in [0.25, 0.3) is 5.91 Å². The summed E-state index contributed by atoms with van der Waals surface area (Å²) in [5.74, 6) is -1.28. The first-order valence-electron chi connectivity index (χ1n) is 5.57. The number of anilines is 1. The Morgan fingerprint density at radius 1 is 1.45 bits per heavy atom. The highest BCUT2D eigenvalue weighted by molar-refractivity contribution is 9.10. The van der Waals surface area contributed by atoms with E-state index >= 15 is 0 Å². The van der Waals surface area contributed by atoms with Crippen molar-refractivity contribution >= 4 is 46.7 Å². The molecule has 2 rings (SSSR count). The molecule has 0 aliphatic carbocycles. The minimum atomic E-state index is -4.38. The van der Waals surface area contributed by atoms with Crippen molar-refractivity contribution < 1.29 is 23.5 Å². The van der Waals surface area contributed by atoms with Crippen LogP contribution < -0.4 is 5.32 Å². The van der Waals surface area contributed by atoms with E-state index in [0.717, 1.165) is 12.1 Å². The van der Waals surface area contributed by atoms with Gasteiger partial charge in [-0.3, -0.25) is 9.36 Å². The predicted molar refractivity (Wildman–Crippen MR) is 79.1 cm³/mol. The maximum absolute atomic E-state index is 12.9. The maximum atomic E-state index is 12.9. The number of benzene rings is 1. The van der Waals surface area contributed by atoms with Crippen LogP contribution in [0.1, 0.15) is 10.5 Å². The Balaban J connectivity index is 2.21. The number of hydrogen-bond donors (Lipinski definition) is 3. The largest absolute Gasteiger partial charge is 0.348 e. The second kappa shape index (κ2) is 6.43. The first-order valence-corrected chi connectivity index (χ1v) is 8.54. The Labute approximate surface area is 136 Å². The van der Waals surface area contributed by atoms with Crippen LogP contribution in [0.4, 0.5) is 10.1 Å². The van der Waals surface area contributed by atoms with Crippen molar-refractivity contribution in [2.24, 2.45) is 0 Å². The summed E-state index contributed by atoms with van der Waals surface area (Å²) in [4.78, 5) is 30.4. The van der Waals surface area contributed by atoms with Crippen molar-refractivity contribution in [2.45, 2.75) is 6.29 Å². The third kappa shape index (κ3) is 4.34. The number of carbonyl (C=O) groups is 1. The molecule has 0 bridgehead atoms. The van der Waals surface area contributed by atoms with Crippen LogP contribution in [0.15, 0.2) is 22.8 Å². The molecule has 3 N–H and O–H groups in total. The van der Waals surface area contributed by atoms with E-state index in [1.54, 1.807) is 0 Å². The number of rotatable bonds is 4. The van der Waals surface area contributed by atoms with Gasteiger partial charge in [-0.25, -0.2) is 4.39 Å². The lowest BCUT2D eigenvalue weighted by molar-refractivity contribution is 0.102. The topological polar surface area (TPSA) is 117 Å². The van der Waals surface area contributed by atoms with Gasteiger partial charge in [-0.1, -0.05) is 11.6 Å². The lowest BCUT2D eigenvalue weighted by Gasteiger charge is -2.05. The first kappa shape index (κ1) is 17.0. The zero-order chi connectivity index (χ0) is 16.5. The third-order valence-corrected chi connectivity index (χ3v) is 3.79. The Morgan fingerprint density at radius 3 is 2.73 bits per heavy atom. The zero-order valence-corrected chi connectivity index (χ0v) is 13.8. The van der Waals surface area contributed by atoms with E-state index in [-0.39, 0.29) is 21.0 Å². The average molecular weight is 414 g/mol. The van der Waals surface area contributed by atoms with Crippen LogP contribution in [0.2, 0.25) is 5.02 Å². The molecule has 0 saturated heterocycles. The van der Waals surface area contributed by atoms with Gasteiger partial charge in [0.05, 0.1) is 10.7 Å². The van der Waals surface area contributed by atoms with E-state index in [1.165, 1.54) is 6.07 Å². The van der Waals surface area contributed by atoms with Gasteiger partial charge in [0.2, 0.25) is 0 Å². The van der Waals surface area contributed by atoms with E-state index in [2.05, 4.69) is 31.4 Å². The summed E-state index contributed by atoms with van der Waals surface area (Å²) in [7, 11) is -4.38. The summed E-state index contributed by atoms with van der Waals surface area (Å²) in [5.41, 5.74) is -0.0432. The molecule has 1 aromatic carbocycles. The van der Waals surface area contributed by atoms with Crippen molar-refractivity contribution in [3.05, 3.63) is 39.3 Å². The highest BCUT2D eigenvalue weighted by atomic mass is 79.9. The maximum Gasteiger partial charge on any atom is 0.348 e. The number of aromatic nitrogens is 3. The minimum absolute atomic E-state index is 0.00307. The molecule has 0 radical (unpaired) electrons. The number of carbonyl (C=O) groups excluding carboxylic acids is 1. The number of halogens is 3. The molecule has 1 amide bonds. The number of nitrogens with zero attached hydrogens (tertiary/aromatic N) is 3. The van der Waals surface area contributed by atoms with Crippen molar-refractivity contribution in [2.75, 3.05) is 5.32 Å². The standard InChI is InChI=1S/C10H8BrClFN4O4P/c11-9-8(15-17(16-9)4-22(19,20)21)10(18)14-7-2-1-5(13)3-6(7)12/h1-3H,4H2,(H,14,18)(H2,19,20,21). The molecule has 1 heterocycles. The van der Waals surface area contributed by atoms with Crippen molar-refractivity contribution in [1.29, 1.82) is 0 Å². The van der Waals surface area contributed by atoms with Crippen LogP contribution in [0.25, 0.3) is 0 Å². The third-order valence-electron chi connectivity index (χ3n) is 2.32. The molecule has 0 fully saturated rings. The van der Waals surface area contributed by atoms with E-state index in [4.69, 9.17) is 21.4 Å². The Morgan fingerprint density at radius 2 is 2.14 bits per heavy atom. The Kier molecular flexibility index (Phi) is 4.98. The van der Waals surface area contributed by atoms with Crippen molar-refractivity contribution in [3.8, 4) is 0 Å². The fraction of sp³-hybridized carbons (Fsp3) is 0.100. The molecule has 2 aromatic rings. The van der Waals surface area contributed by atoms with E-state index in [0.29, 0.717) is 4.80 Å². The van der Waals surface area contributed by atoms with Gasteiger partial charge in [-0.15, -0.1) is 10.2 Å². The fourth-order valence-corrected chi connectivity index (χ4v) is 2.58. The van der Waals surface area contributed by atoms with Gasteiger partial charge in [0.15, 0.2) is 16.6 Å². The van der Waals surface area contributed by atoms with Crippen LogP contribution in [0, 0.1) is 5.82 Å². The van der Waals surface area contributed by atoms with Crippen LogP contribution in [0.5, 0.6) is 0 Å². The molecule has 12 heteroatoms. The number of amides is 1. The number of hydrogen-bond acceptors (Lipinski definition) is 4. The van der Waals surface area contributed by atoms with Gasteiger partial charge in [-0.05, 0) is 34.1 Å². The second-order valence-corrected chi connectivity index (χ2v) is 6.87. The summed E-state index contributed by atoms with van der Waals surface area (Å²) >= 11 is 8.75.